The first kappa shape index (κ1) is 14.6. The predicted octanol–water partition coefficient (Wildman–Crippen LogP) is 2.72. The summed E-state index contributed by atoms with van der Waals surface area (Å²) in [5.74, 6) is 0.479. The summed E-state index contributed by atoms with van der Waals surface area (Å²) in [6, 6.07) is 0. The lowest BCUT2D eigenvalue weighted by Crippen LogP contribution is -2.36. The van der Waals surface area contributed by atoms with E-state index >= 15 is 0 Å². The molecule has 1 amide bonds. The lowest BCUT2D eigenvalue weighted by molar-refractivity contribution is -0.379. The number of nitrogens with zero attached hydrogens (tertiary/aromatic N) is 1. The number of aromatic nitrogens is 1. The number of aromatic amines is 1. The molecular weight excluding hydrogens is 335 g/mol. The van der Waals surface area contributed by atoms with E-state index in [1.54, 1.807) is 0 Å². The smallest absolute Gasteiger partial charge is 0.337 e. The van der Waals surface area contributed by atoms with Crippen LogP contribution in [0.4, 0.5) is 5.69 Å². The van der Waals surface area contributed by atoms with Gasteiger partial charge in [-0.05, 0) is 30.4 Å². The molecule has 3 rings (SSSR count). The third-order valence-electron chi connectivity index (χ3n) is 3.81. The van der Waals surface area contributed by atoms with Crippen LogP contribution in [0.2, 0.25) is 15.2 Å². The van der Waals surface area contributed by atoms with Gasteiger partial charge < -0.3 is 5.73 Å². The zero-order chi connectivity index (χ0) is 15.1. The Hall–Kier alpha value is -1.30. The number of nitrogen functional groups attached to an aromatic ring is 1. The van der Waals surface area contributed by atoms with E-state index in [1.807, 2.05) is 0 Å². The standard InChI is InChI=1S/C13H11Cl3N4O/c14-8-10(17)9(15)12(16)18-11(8)13(21)20-19-7-4-5-2-1-3-6(5)7/h1-2,5-6H,3-4H2,(H2,17,18)(H,20,21)/p+1/b19-7+/t5-,6+/m1/s1. The second-order valence-electron chi connectivity index (χ2n) is 5.04. The van der Waals surface area contributed by atoms with Crippen LogP contribution >= 0.6 is 34.8 Å². The Morgan fingerprint density at radius 3 is 2.86 bits per heavy atom. The first-order chi connectivity index (χ1) is 9.99. The van der Waals surface area contributed by atoms with Gasteiger partial charge in [0.1, 0.15) is 10.0 Å². The molecule has 5 nitrogen and oxygen atoms in total. The largest absolute Gasteiger partial charge is 0.396 e. The van der Waals surface area contributed by atoms with Gasteiger partial charge in [0.25, 0.3) is 10.8 Å². The number of nitrogens with one attached hydrogen (secondary N) is 2. The maximum Gasteiger partial charge on any atom is 0.337 e. The van der Waals surface area contributed by atoms with Crippen molar-refractivity contribution in [3.63, 3.8) is 0 Å². The van der Waals surface area contributed by atoms with Gasteiger partial charge in [-0.15, -0.1) is 0 Å². The van der Waals surface area contributed by atoms with Crippen LogP contribution in [-0.4, -0.2) is 11.6 Å². The lowest BCUT2D eigenvalue weighted by Gasteiger charge is -2.31. The van der Waals surface area contributed by atoms with Gasteiger partial charge >= 0.3 is 5.91 Å². The lowest BCUT2D eigenvalue weighted by atomic mass is 9.74. The molecule has 1 aromatic heterocycles. The number of fused-ring (bicyclic) bond motifs is 1. The number of pyridine rings is 1. The molecule has 2 atom stereocenters. The van der Waals surface area contributed by atoms with E-state index in [0.29, 0.717) is 11.8 Å². The molecule has 0 aliphatic heterocycles. The summed E-state index contributed by atoms with van der Waals surface area (Å²) in [4.78, 5) is 14.7. The number of hydrogen-bond acceptors (Lipinski definition) is 3. The summed E-state index contributed by atoms with van der Waals surface area (Å²) in [7, 11) is 0. The third kappa shape index (κ3) is 2.50. The zero-order valence-electron chi connectivity index (χ0n) is 10.8. The van der Waals surface area contributed by atoms with Gasteiger partial charge in [0.2, 0.25) is 0 Å². The molecule has 21 heavy (non-hydrogen) atoms. The maximum absolute atomic E-state index is 12.1. The molecular formula is C13H12Cl3N4O+. The number of H-pyrrole nitrogens is 1. The molecule has 0 aromatic carbocycles. The van der Waals surface area contributed by atoms with Crippen LogP contribution in [0, 0.1) is 11.8 Å². The minimum Gasteiger partial charge on any atom is -0.396 e. The first-order valence-corrected chi connectivity index (χ1v) is 7.51. The Labute approximate surface area is 136 Å². The fraction of sp³-hybridized carbons (Fsp3) is 0.308. The van der Waals surface area contributed by atoms with Crippen molar-refractivity contribution in [1.82, 2.24) is 5.43 Å². The number of hydrazone groups is 1. The fourth-order valence-electron chi connectivity index (χ4n) is 2.57. The minimum absolute atomic E-state index is 0.0242. The van der Waals surface area contributed by atoms with Crippen LogP contribution in [-0.2, 0) is 0 Å². The maximum atomic E-state index is 12.1. The molecule has 0 radical (unpaired) electrons. The van der Waals surface area contributed by atoms with E-state index in [2.05, 4.69) is 27.7 Å². The van der Waals surface area contributed by atoms with Crippen molar-refractivity contribution in [2.75, 3.05) is 5.73 Å². The molecule has 2 aliphatic rings. The molecule has 1 heterocycles. The summed E-state index contributed by atoms with van der Waals surface area (Å²) >= 11 is 17.7. The average molecular weight is 347 g/mol. The summed E-state index contributed by atoms with van der Waals surface area (Å²) in [5.41, 5.74) is 9.25. The van der Waals surface area contributed by atoms with Crippen LogP contribution in [0.1, 0.15) is 23.3 Å². The average Bonchev–Trinajstić information content (AvgIpc) is 2.82. The Kier molecular flexibility index (Phi) is 3.82. The van der Waals surface area contributed by atoms with Gasteiger partial charge in [0, 0.05) is 11.6 Å². The van der Waals surface area contributed by atoms with E-state index in [1.165, 1.54) is 0 Å². The van der Waals surface area contributed by atoms with Gasteiger partial charge in [-0.1, -0.05) is 35.4 Å². The van der Waals surface area contributed by atoms with E-state index in [0.717, 1.165) is 18.6 Å². The molecule has 1 fully saturated rings. The monoisotopic (exact) mass is 345 g/mol. The second kappa shape index (κ2) is 5.48. The van der Waals surface area contributed by atoms with Crippen LogP contribution < -0.4 is 16.1 Å². The SMILES string of the molecule is Nc1c(Cl)c(Cl)[nH+]c(C(=O)N/N=C2\C[C@H]3C=CC[C@H]23)c1Cl. The molecule has 4 N–H and O–H groups in total. The number of nitrogens with two attached hydrogens (primary N) is 1. The highest BCUT2D eigenvalue weighted by Gasteiger charge is 2.38. The van der Waals surface area contributed by atoms with E-state index in [-0.39, 0.29) is 26.6 Å². The Morgan fingerprint density at radius 2 is 2.14 bits per heavy atom. The molecule has 1 saturated carbocycles. The topological polar surface area (TPSA) is 81.6 Å². The number of rotatable bonds is 2. The van der Waals surface area contributed by atoms with E-state index < -0.39 is 5.91 Å². The molecule has 0 unspecified atom stereocenters. The van der Waals surface area contributed by atoms with Crippen molar-refractivity contribution in [2.45, 2.75) is 12.8 Å². The first-order valence-electron chi connectivity index (χ1n) is 6.37. The summed E-state index contributed by atoms with van der Waals surface area (Å²) in [6.07, 6.45) is 6.19. The van der Waals surface area contributed by atoms with Crippen molar-refractivity contribution in [3.05, 3.63) is 33.0 Å². The zero-order valence-corrected chi connectivity index (χ0v) is 13.1. The normalized spacial score (nSPS) is 24.8. The molecule has 0 bridgehead atoms. The molecule has 2 aliphatic carbocycles. The molecule has 110 valence electrons. The summed E-state index contributed by atoms with van der Waals surface area (Å²) in [6.45, 7) is 0. The van der Waals surface area contributed by atoms with Gasteiger partial charge in [-0.25, -0.2) is 5.43 Å². The second-order valence-corrected chi connectivity index (χ2v) is 6.17. The molecule has 0 saturated heterocycles. The number of hydrogen-bond donors (Lipinski definition) is 2. The Bertz CT molecular complexity index is 686. The summed E-state index contributed by atoms with van der Waals surface area (Å²) in [5, 5.41) is 4.32. The molecule has 8 heteroatoms. The van der Waals surface area contributed by atoms with E-state index in [9.17, 15) is 4.79 Å². The number of allylic oxidation sites excluding steroid dienone is 2. The Morgan fingerprint density at radius 1 is 1.38 bits per heavy atom. The van der Waals surface area contributed by atoms with Crippen LogP contribution in [0.25, 0.3) is 0 Å². The summed E-state index contributed by atoms with van der Waals surface area (Å²) < 4.78 is 0. The van der Waals surface area contributed by atoms with Gasteiger partial charge in [0.05, 0.1) is 5.69 Å². The predicted molar refractivity (Wildman–Crippen MR) is 82.7 cm³/mol. The minimum atomic E-state index is -0.507. The quantitative estimate of drug-likeness (QED) is 0.490. The number of amides is 1. The number of carbonyl (C=O) groups is 1. The highest BCUT2D eigenvalue weighted by molar-refractivity contribution is 6.45. The Balaban J connectivity index is 1.76. The number of halogens is 3. The van der Waals surface area contributed by atoms with E-state index in [4.69, 9.17) is 40.5 Å². The van der Waals surface area contributed by atoms with Crippen molar-refractivity contribution < 1.29 is 9.78 Å². The van der Waals surface area contributed by atoms with Crippen molar-refractivity contribution in [2.24, 2.45) is 16.9 Å². The highest BCUT2D eigenvalue weighted by Crippen LogP contribution is 2.40. The van der Waals surface area contributed by atoms with Gasteiger partial charge in [0.15, 0.2) is 0 Å². The van der Waals surface area contributed by atoms with Crippen LogP contribution in [0.3, 0.4) is 0 Å². The van der Waals surface area contributed by atoms with Crippen molar-refractivity contribution in [3.8, 4) is 0 Å². The highest BCUT2D eigenvalue weighted by atomic mass is 35.5. The third-order valence-corrected chi connectivity index (χ3v) is 4.98. The molecule has 0 spiro atoms. The number of carbonyl (C=O) groups excluding carboxylic acids is 1. The van der Waals surface area contributed by atoms with Crippen molar-refractivity contribution in [1.29, 1.82) is 0 Å². The van der Waals surface area contributed by atoms with Gasteiger partial charge in [-0.2, -0.15) is 10.1 Å². The van der Waals surface area contributed by atoms with Crippen molar-refractivity contribution >= 4 is 52.1 Å². The van der Waals surface area contributed by atoms with Gasteiger partial charge in [-0.3, -0.25) is 4.79 Å². The van der Waals surface area contributed by atoms with Crippen LogP contribution in [0.5, 0.6) is 0 Å². The number of anilines is 1. The fourth-order valence-corrected chi connectivity index (χ4v) is 3.18. The van der Waals surface area contributed by atoms with Crippen LogP contribution in [0.15, 0.2) is 17.3 Å². The molecule has 1 aromatic rings.